The number of halogens is 2. The third-order valence-corrected chi connectivity index (χ3v) is 6.92. The second-order valence-corrected chi connectivity index (χ2v) is 9.41. The molecule has 0 radical (unpaired) electrons. The summed E-state index contributed by atoms with van der Waals surface area (Å²) in [5, 5.41) is 5.92. The van der Waals surface area contributed by atoms with Gasteiger partial charge in [0.2, 0.25) is 0 Å². The lowest BCUT2D eigenvalue weighted by Crippen LogP contribution is -2.47. The standard InChI is InChI=1S/C18H25Cl2N3O2S/c1-13(23-6-8-25-9-7-23)11-21-17(24)22-15-4-2-3-5-16(15)26-12-14-10-18(14,19)20/h2-5,13-14H,6-12H2,1H3,(H2,21,22,24). The highest BCUT2D eigenvalue weighted by Gasteiger charge is 2.51. The van der Waals surface area contributed by atoms with Gasteiger partial charge in [-0.1, -0.05) is 12.1 Å². The number of hydrogen-bond donors (Lipinski definition) is 2. The first kappa shape index (κ1) is 20.1. The molecular weight excluding hydrogens is 393 g/mol. The normalized spacial score (nSPS) is 23.3. The third-order valence-electron chi connectivity index (χ3n) is 4.76. The number of morpholine rings is 1. The van der Waals surface area contributed by atoms with Crippen LogP contribution in [0.1, 0.15) is 13.3 Å². The van der Waals surface area contributed by atoms with Crippen LogP contribution in [0.5, 0.6) is 0 Å². The summed E-state index contributed by atoms with van der Waals surface area (Å²) >= 11 is 13.9. The van der Waals surface area contributed by atoms with Crippen LogP contribution < -0.4 is 10.6 Å². The van der Waals surface area contributed by atoms with Crippen LogP contribution in [0.3, 0.4) is 0 Å². The van der Waals surface area contributed by atoms with Crippen molar-refractivity contribution in [3.63, 3.8) is 0 Å². The first-order valence-electron chi connectivity index (χ1n) is 8.92. The molecule has 8 heteroatoms. The molecule has 2 unspecified atom stereocenters. The van der Waals surface area contributed by atoms with E-state index in [2.05, 4.69) is 22.5 Å². The van der Waals surface area contributed by atoms with Gasteiger partial charge in [0.05, 0.1) is 18.9 Å². The minimum absolute atomic E-state index is 0.186. The molecule has 5 nitrogen and oxygen atoms in total. The maximum Gasteiger partial charge on any atom is 0.319 e. The van der Waals surface area contributed by atoms with Gasteiger partial charge in [-0.25, -0.2) is 4.79 Å². The molecule has 1 saturated heterocycles. The Hall–Kier alpha value is -0.660. The van der Waals surface area contributed by atoms with Gasteiger partial charge in [-0.3, -0.25) is 4.90 Å². The van der Waals surface area contributed by atoms with Crippen LogP contribution in [0.15, 0.2) is 29.2 Å². The predicted molar refractivity (Wildman–Crippen MR) is 109 cm³/mol. The second-order valence-electron chi connectivity index (χ2n) is 6.80. The topological polar surface area (TPSA) is 53.6 Å². The number of amides is 2. The molecular formula is C18H25Cl2N3O2S. The largest absolute Gasteiger partial charge is 0.379 e. The van der Waals surface area contributed by atoms with Crippen molar-refractivity contribution in [3.05, 3.63) is 24.3 Å². The lowest BCUT2D eigenvalue weighted by atomic mass is 10.2. The number of anilines is 1. The molecule has 1 aliphatic heterocycles. The summed E-state index contributed by atoms with van der Waals surface area (Å²) in [5.41, 5.74) is 0.810. The molecule has 144 valence electrons. The van der Waals surface area contributed by atoms with Crippen LogP contribution in [0.4, 0.5) is 10.5 Å². The summed E-state index contributed by atoms with van der Waals surface area (Å²) in [6, 6.07) is 7.89. The van der Waals surface area contributed by atoms with Gasteiger partial charge in [0.25, 0.3) is 0 Å². The van der Waals surface area contributed by atoms with Crippen molar-refractivity contribution in [1.29, 1.82) is 0 Å². The Morgan fingerprint density at radius 1 is 1.38 bits per heavy atom. The highest BCUT2D eigenvalue weighted by Crippen LogP contribution is 2.55. The van der Waals surface area contributed by atoms with Gasteiger partial charge in [0.1, 0.15) is 4.33 Å². The van der Waals surface area contributed by atoms with Crippen molar-refractivity contribution in [1.82, 2.24) is 10.2 Å². The molecule has 1 aromatic rings. The lowest BCUT2D eigenvalue weighted by molar-refractivity contribution is 0.0209. The molecule has 0 spiro atoms. The van der Waals surface area contributed by atoms with Gasteiger partial charge in [-0.15, -0.1) is 35.0 Å². The summed E-state index contributed by atoms with van der Waals surface area (Å²) in [6.07, 6.45) is 0.832. The number of alkyl halides is 2. The number of thioether (sulfide) groups is 1. The van der Waals surface area contributed by atoms with Gasteiger partial charge in [-0.05, 0) is 25.5 Å². The summed E-state index contributed by atoms with van der Waals surface area (Å²) in [4.78, 5) is 15.6. The molecule has 1 aliphatic carbocycles. The van der Waals surface area contributed by atoms with E-state index in [9.17, 15) is 4.79 Å². The Morgan fingerprint density at radius 2 is 2.08 bits per heavy atom. The van der Waals surface area contributed by atoms with Gasteiger partial charge in [0.15, 0.2) is 0 Å². The van der Waals surface area contributed by atoms with Crippen LogP contribution in [-0.2, 0) is 4.74 Å². The van der Waals surface area contributed by atoms with Gasteiger partial charge >= 0.3 is 6.03 Å². The second kappa shape index (κ2) is 9.02. The molecule has 2 N–H and O–H groups in total. The first-order valence-corrected chi connectivity index (χ1v) is 10.7. The number of ether oxygens (including phenoxy) is 1. The Morgan fingerprint density at radius 3 is 2.77 bits per heavy atom. The molecule has 2 fully saturated rings. The van der Waals surface area contributed by atoms with E-state index in [1.165, 1.54) is 0 Å². The number of carbonyl (C=O) groups is 1. The van der Waals surface area contributed by atoms with Crippen LogP contribution in [0.2, 0.25) is 0 Å². The van der Waals surface area contributed by atoms with Crippen LogP contribution in [0, 0.1) is 5.92 Å². The van der Waals surface area contributed by atoms with Crippen molar-refractivity contribution in [2.24, 2.45) is 5.92 Å². The molecule has 1 saturated carbocycles. The average Bonchev–Trinajstić information content (AvgIpc) is 3.26. The molecule has 1 heterocycles. The summed E-state index contributed by atoms with van der Waals surface area (Å²) in [6.45, 7) is 6.06. The predicted octanol–water partition coefficient (Wildman–Crippen LogP) is 3.81. The monoisotopic (exact) mass is 417 g/mol. The fraction of sp³-hybridized carbons (Fsp3) is 0.611. The van der Waals surface area contributed by atoms with Crippen molar-refractivity contribution in [2.45, 2.75) is 28.6 Å². The van der Waals surface area contributed by atoms with Gasteiger partial charge in [0, 0.05) is 42.2 Å². The van der Waals surface area contributed by atoms with E-state index in [1.807, 2.05) is 24.3 Å². The molecule has 2 atom stereocenters. The zero-order valence-corrected chi connectivity index (χ0v) is 17.2. The summed E-state index contributed by atoms with van der Waals surface area (Å²) in [5.74, 6) is 1.16. The van der Waals surface area contributed by atoms with Crippen molar-refractivity contribution >= 4 is 46.7 Å². The maximum atomic E-state index is 12.3. The average molecular weight is 418 g/mol. The lowest BCUT2D eigenvalue weighted by Gasteiger charge is -2.32. The summed E-state index contributed by atoms with van der Waals surface area (Å²) < 4.78 is 4.80. The van der Waals surface area contributed by atoms with E-state index in [0.717, 1.165) is 49.1 Å². The molecule has 0 aromatic heterocycles. The fourth-order valence-corrected chi connectivity index (χ4v) is 4.83. The Kier molecular flexibility index (Phi) is 6.97. The Bertz CT molecular complexity index is 626. The number of nitrogens with one attached hydrogen (secondary N) is 2. The fourth-order valence-electron chi connectivity index (χ4n) is 2.89. The quantitative estimate of drug-likeness (QED) is 0.522. The van der Waals surface area contributed by atoms with Gasteiger partial charge < -0.3 is 15.4 Å². The van der Waals surface area contributed by atoms with Gasteiger partial charge in [-0.2, -0.15) is 0 Å². The zero-order chi connectivity index (χ0) is 18.6. The van der Waals surface area contributed by atoms with Crippen molar-refractivity contribution in [2.75, 3.05) is 43.9 Å². The van der Waals surface area contributed by atoms with E-state index in [0.29, 0.717) is 12.5 Å². The van der Waals surface area contributed by atoms with Crippen LogP contribution >= 0.6 is 35.0 Å². The van der Waals surface area contributed by atoms with E-state index in [1.54, 1.807) is 11.8 Å². The SMILES string of the molecule is CC(CNC(=O)Nc1ccccc1SCC1CC1(Cl)Cl)N1CCOCC1. The molecule has 26 heavy (non-hydrogen) atoms. The highest BCUT2D eigenvalue weighted by atomic mass is 35.5. The zero-order valence-electron chi connectivity index (χ0n) is 14.8. The molecule has 1 aromatic carbocycles. The minimum atomic E-state index is -0.567. The Balaban J connectivity index is 1.46. The third kappa shape index (κ3) is 5.67. The number of benzene rings is 1. The molecule has 0 bridgehead atoms. The number of nitrogens with zero attached hydrogens (tertiary/aromatic N) is 1. The smallest absolute Gasteiger partial charge is 0.319 e. The highest BCUT2D eigenvalue weighted by molar-refractivity contribution is 7.99. The number of para-hydroxylation sites is 1. The van der Waals surface area contributed by atoms with E-state index >= 15 is 0 Å². The van der Waals surface area contributed by atoms with Crippen LogP contribution in [-0.4, -0.2) is 59.9 Å². The van der Waals surface area contributed by atoms with Crippen molar-refractivity contribution in [3.8, 4) is 0 Å². The number of hydrogen-bond acceptors (Lipinski definition) is 4. The molecule has 2 aliphatic rings. The minimum Gasteiger partial charge on any atom is -0.379 e. The number of rotatable bonds is 7. The molecule has 3 rings (SSSR count). The summed E-state index contributed by atoms with van der Waals surface area (Å²) in [7, 11) is 0. The Labute approximate surface area is 169 Å². The van der Waals surface area contributed by atoms with Crippen LogP contribution in [0.25, 0.3) is 0 Å². The number of carbonyl (C=O) groups excluding carboxylic acids is 1. The van der Waals surface area contributed by atoms with E-state index in [4.69, 9.17) is 27.9 Å². The van der Waals surface area contributed by atoms with E-state index < -0.39 is 4.33 Å². The molecule has 2 amide bonds. The first-order chi connectivity index (χ1) is 12.5. The maximum absolute atomic E-state index is 12.3. The number of urea groups is 1. The van der Waals surface area contributed by atoms with E-state index in [-0.39, 0.29) is 12.1 Å². The van der Waals surface area contributed by atoms with Crippen molar-refractivity contribution < 1.29 is 9.53 Å².